The van der Waals surface area contributed by atoms with Crippen molar-refractivity contribution in [3.8, 4) is 0 Å². The molecule has 4 aliphatic heterocycles. The monoisotopic (exact) mass is 843 g/mol. The Labute approximate surface area is 370 Å². The van der Waals surface area contributed by atoms with E-state index in [-0.39, 0.29) is 23.7 Å². The molecule has 0 radical (unpaired) electrons. The van der Waals surface area contributed by atoms with Crippen molar-refractivity contribution in [2.24, 2.45) is 11.8 Å². The molecule has 0 unspecified atom stereocenters. The summed E-state index contributed by atoms with van der Waals surface area (Å²) in [7, 11) is 0. The standard InChI is InChI=1S/2C26H35N3O2/c2*1-3-26(31,4-2)24-13-12-22(19-27-24)29-17-14-21(25(29)30)18-20-10-6-7-11-23(20)28-15-8-5-9-16-28/h2*6-7,10-13,19,21,31H,3-5,8-9,14-18H2,1-2H3/t2*21-/m10/s1. The van der Waals surface area contributed by atoms with Gasteiger partial charge in [0.15, 0.2) is 0 Å². The molecule has 332 valence electrons. The van der Waals surface area contributed by atoms with E-state index in [2.05, 4.69) is 68.3 Å². The zero-order valence-corrected chi connectivity index (χ0v) is 37.8. The van der Waals surface area contributed by atoms with E-state index in [1.54, 1.807) is 12.4 Å². The van der Waals surface area contributed by atoms with Crippen LogP contribution in [0.5, 0.6) is 0 Å². The van der Waals surface area contributed by atoms with Gasteiger partial charge in [0, 0.05) is 62.5 Å². The molecule has 8 rings (SSSR count). The molecule has 4 aromatic rings. The van der Waals surface area contributed by atoms with Crippen molar-refractivity contribution >= 4 is 34.6 Å². The van der Waals surface area contributed by atoms with Crippen LogP contribution >= 0.6 is 0 Å². The van der Waals surface area contributed by atoms with E-state index in [4.69, 9.17) is 0 Å². The second-order valence-electron chi connectivity index (χ2n) is 18.0. The molecule has 10 heteroatoms. The number of hydrogen-bond donors (Lipinski definition) is 2. The first kappa shape index (κ1) is 45.2. The van der Waals surface area contributed by atoms with Crippen molar-refractivity contribution in [1.29, 1.82) is 0 Å². The number of benzene rings is 2. The summed E-state index contributed by atoms with van der Waals surface area (Å²) >= 11 is 0. The van der Waals surface area contributed by atoms with E-state index in [9.17, 15) is 19.8 Å². The number of piperidine rings is 2. The van der Waals surface area contributed by atoms with Crippen LogP contribution in [-0.4, -0.2) is 71.3 Å². The van der Waals surface area contributed by atoms with Gasteiger partial charge >= 0.3 is 0 Å². The van der Waals surface area contributed by atoms with E-state index in [1.807, 2.05) is 61.8 Å². The normalized spacial score (nSPS) is 19.8. The molecule has 4 fully saturated rings. The lowest BCUT2D eigenvalue weighted by atomic mass is 9.93. The molecule has 0 spiro atoms. The first-order chi connectivity index (χ1) is 30.1. The summed E-state index contributed by atoms with van der Waals surface area (Å²) in [5, 5.41) is 21.4. The van der Waals surface area contributed by atoms with Crippen LogP contribution in [0.25, 0.3) is 0 Å². The van der Waals surface area contributed by atoms with E-state index < -0.39 is 11.2 Å². The summed E-state index contributed by atoms with van der Waals surface area (Å²) in [6.07, 6.45) is 16.9. The first-order valence-corrected chi connectivity index (χ1v) is 23.8. The zero-order valence-electron chi connectivity index (χ0n) is 37.8. The molecule has 2 amide bonds. The van der Waals surface area contributed by atoms with Crippen molar-refractivity contribution in [3.05, 3.63) is 108 Å². The summed E-state index contributed by atoms with van der Waals surface area (Å²) < 4.78 is 0. The molecule has 2 aromatic heterocycles. The Balaban J connectivity index is 0.000000186. The van der Waals surface area contributed by atoms with Crippen molar-refractivity contribution in [2.45, 2.75) is 129 Å². The third kappa shape index (κ3) is 10.0. The first-order valence-electron chi connectivity index (χ1n) is 23.8. The molecule has 0 saturated carbocycles. The molecule has 2 aromatic carbocycles. The number of anilines is 4. The summed E-state index contributed by atoms with van der Waals surface area (Å²) in [6, 6.07) is 24.8. The molecule has 10 nitrogen and oxygen atoms in total. The van der Waals surface area contributed by atoms with Gasteiger partial charge < -0.3 is 29.8 Å². The van der Waals surface area contributed by atoms with Crippen LogP contribution in [0, 0.1) is 11.8 Å². The summed E-state index contributed by atoms with van der Waals surface area (Å²) in [5.74, 6) is 0.385. The third-order valence-corrected chi connectivity index (χ3v) is 14.4. The maximum atomic E-state index is 13.2. The number of amides is 2. The maximum Gasteiger partial charge on any atom is 0.230 e. The number of nitrogens with zero attached hydrogens (tertiary/aromatic N) is 6. The molecule has 0 bridgehead atoms. The van der Waals surface area contributed by atoms with E-state index in [0.29, 0.717) is 37.1 Å². The number of carbonyl (C=O) groups is 2. The van der Waals surface area contributed by atoms with Crippen LogP contribution in [-0.2, 0) is 33.6 Å². The highest BCUT2D eigenvalue weighted by molar-refractivity contribution is 5.98. The Bertz CT molecular complexity index is 1920. The molecule has 2 N–H and O–H groups in total. The van der Waals surface area contributed by atoms with Gasteiger partial charge in [-0.2, -0.15) is 0 Å². The van der Waals surface area contributed by atoms with E-state index >= 15 is 0 Å². The highest BCUT2D eigenvalue weighted by Crippen LogP contribution is 2.35. The lowest BCUT2D eigenvalue weighted by molar-refractivity contribution is -0.121. The summed E-state index contributed by atoms with van der Waals surface area (Å²) in [5.41, 5.74) is 6.41. The molecular formula is C52H70N6O4. The smallest absolute Gasteiger partial charge is 0.230 e. The highest BCUT2D eigenvalue weighted by atomic mass is 16.3. The molecular weight excluding hydrogens is 773 g/mol. The van der Waals surface area contributed by atoms with Gasteiger partial charge in [-0.25, -0.2) is 0 Å². The van der Waals surface area contributed by atoms with Crippen LogP contribution in [0.2, 0.25) is 0 Å². The fourth-order valence-electron chi connectivity index (χ4n) is 10.0. The number of aliphatic hydroxyl groups is 2. The van der Waals surface area contributed by atoms with Crippen LogP contribution in [0.3, 0.4) is 0 Å². The number of pyridine rings is 2. The van der Waals surface area contributed by atoms with Crippen molar-refractivity contribution in [3.63, 3.8) is 0 Å². The number of aromatic nitrogens is 2. The Hall–Kier alpha value is -4.80. The van der Waals surface area contributed by atoms with Gasteiger partial charge in [0.25, 0.3) is 0 Å². The average Bonchev–Trinajstić information content (AvgIpc) is 3.89. The Morgan fingerprint density at radius 3 is 1.23 bits per heavy atom. The zero-order chi connectivity index (χ0) is 43.7. The Kier molecular flexibility index (Phi) is 15.0. The van der Waals surface area contributed by atoms with Crippen molar-refractivity contribution in [1.82, 2.24) is 9.97 Å². The number of hydrogen-bond acceptors (Lipinski definition) is 8. The topological polar surface area (TPSA) is 113 Å². The molecule has 2 atom stereocenters. The Morgan fingerprint density at radius 1 is 0.516 bits per heavy atom. The van der Waals surface area contributed by atoms with E-state index in [1.165, 1.54) is 61.0 Å². The fourth-order valence-corrected chi connectivity index (χ4v) is 10.0. The average molecular weight is 843 g/mol. The van der Waals surface area contributed by atoms with Gasteiger partial charge in [0.05, 0.1) is 35.2 Å². The van der Waals surface area contributed by atoms with Gasteiger partial charge in [0.1, 0.15) is 11.2 Å². The summed E-state index contributed by atoms with van der Waals surface area (Å²) in [4.78, 5) is 44.2. The van der Waals surface area contributed by atoms with Crippen molar-refractivity contribution < 1.29 is 19.8 Å². The summed E-state index contributed by atoms with van der Waals surface area (Å²) in [6.45, 7) is 13.8. The lowest BCUT2D eigenvalue weighted by Crippen LogP contribution is -2.31. The minimum Gasteiger partial charge on any atom is -0.384 e. The Morgan fingerprint density at radius 2 is 0.887 bits per heavy atom. The number of para-hydroxylation sites is 2. The van der Waals surface area contributed by atoms with E-state index in [0.717, 1.165) is 76.3 Å². The minimum absolute atomic E-state index is 0.00818. The molecule has 0 aliphatic carbocycles. The number of rotatable bonds is 14. The van der Waals surface area contributed by atoms with Gasteiger partial charge in [-0.1, -0.05) is 64.1 Å². The SMILES string of the molecule is CCC(O)(CC)c1ccc(N2CC[C@@H](Cc3ccccc3N3CCCCC3)C2=O)cn1.CCC(O)(CC)c1ccc(N2CC[C@H](Cc3ccccc3N3CCCCC3)C2=O)cn1. The molecule has 4 saturated heterocycles. The molecule has 62 heavy (non-hydrogen) atoms. The van der Waals surface area contributed by atoms with Crippen LogP contribution in [0.4, 0.5) is 22.7 Å². The largest absolute Gasteiger partial charge is 0.384 e. The quantitative estimate of drug-likeness (QED) is 0.129. The van der Waals surface area contributed by atoms with Gasteiger partial charge in [-0.15, -0.1) is 0 Å². The van der Waals surface area contributed by atoms with Crippen LogP contribution in [0.15, 0.2) is 85.2 Å². The maximum absolute atomic E-state index is 13.2. The third-order valence-electron chi connectivity index (χ3n) is 14.4. The van der Waals surface area contributed by atoms with Crippen LogP contribution in [0.1, 0.15) is 127 Å². The van der Waals surface area contributed by atoms with Gasteiger partial charge in [0.2, 0.25) is 11.8 Å². The predicted molar refractivity (Wildman–Crippen MR) is 251 cm³/mol. The highest BCUT2D eigenvalue weighted by Gasteiger charge is 2.36. The van der Waals surface area contributed by atoms with Gasteiger partial charge in [-0.3, -0.25) is 19.6 Å². The molecule has 4 aliphatic rings. The molecule has 6 heterocycles. The van der Waals surface area contributed by atoms with Gasteiger partial charge in [-0.05, 0) is 137 Å². The number of carbonyl (C=O) groups excluding carboxylic acids is 2. The minimum atomic E-state index is -0.895. The predicted octanol–water partition coefficient (Wildman–Crippen LogP) is 9.35. The van der Waals surface area contributed by atoms with Crippen LogP contribution < -0.4 is 19.6 Å². The second-order valence-corrected chi connectivity index (χ2v) is 18.0. The van der Waals surface area contributed by atoms with Crippen molar-refractivity contribution in [2.75, 3.05) is 58.9 Å². The fraction of sp³-hybridized carbons (Fsp3) is 0.538. The lowest BCUT2D eigenvalue weighted by Gasteiger charge is -2.31. The second kappa shape index (κ2) is 20.6.